The van der Waals surface area contributed by atoms with Gasteiger partial charge in [-0.1, -0.05) is 23.2 Å². The second-order valence-corrected chi connectivity index (χ2v) is 6.90. The Labute approximate surface area is 168 Å². The average Bonchev–Trinajstić information content (AvgIpc) is 3.08. The Hall–Kier alpha value is -2.90. The van der Waals surface area contributed by atoms with Crippen molar-refractivity contribution in [1.29, 1.82) is 0 Å². The highest BCUT2D eigenvalue weighted by Gasteiger charge is 2.11. The third-order valence-corrected chi connectivity index (χ3v) is 4.78. The molecular weight excluding hydrogens is 404 g/mol. The normalized spacial score (nSPS) is 11.1. The molecule has 2 N–H and O–H groups in total. The van der Waals surface area contributed by atoms with Crippen LogP contribution in [0.1, 0.15) is 5.82 Å². The van der Waals surface area contributed by atoms with Gasteiger partial charge in [0.1, 0.15) is 16.7 Å². The molecule has 4 aromatic rings. The van der Waals surface area contributed by atoms with Crippen LogP contribution in [0.5, 0.6) is 0 Å². The van der Waals surface area contributed by atoms with Gasteiger partial charge in [0.05, 0.1) is 28.6 Å². The van der Waals surface area contributed by atoms with Gasteiger partial charge < -0.3 is 10.3 Å². The molecule has 0 amide bonds. The lowest BCUT2D eigenvalue weighted by atomic mass is 10.3. The molecule has 0 aliphatic carbocycles. The zero-order chi connectivity index (χ0) is 19.7. The maximum Gasteiger partial charge on any atom is 0.292 e. The van der Waals surface area contributed by atoms with Crippen molar-refractivity contribution in [2.75, 3.05) is 11.9 Å². The van der Waals surface area contributed by atoms with Gasteiger partial charge in [-0.3, -0.25) is 4.79 Å². The smallest absolute Gasteiger partial charge is 0.292 e. The lowest BCUT2D eigenvalue weighted by Gasteiger charge is -2.10. The summed E-state index contributed by atoms with van der Waals surface area (Å²) in [6, 6.07) is 11.1. The standard InChI is InChI=1S/C19H14Cl2FN5O/c20-11-1-4-13(5-2-11)27-19(28)18(21)16(10-24-27)23-8-7-17-25-14-6-3-12(22)9-15(14)26-17/h1-6,9-10,23H,7-8H2,(H,25,26). The molecule has 0 unspecified atom stereocenters. The molecule has 0 aliphatic rings. The van der Waals surface area contributed by atoms with Crippen LogP contribution in [0.4, 0.5) is 10.1 Å². The maximum absolute atomic E-state index is 13.3. The fourth-order valence-corrected chi connectivity index (χ4v) is 3.11. The largest absolute Gasteiger partial charge is 0.382 e. The molecule has 2 aromatic carbocycles. The predicted molar refractivity (Wildman–Crippen MR) is 108 cm³/mol. The molecule has 9 heteroatoms. The van der Waals surface area contributed by atoms with Gasteiger partial charge in [-0.2, -0.15) is 9.78 Å². The van der Waals surface area contributed by atoms with Crippen molar-refractivity contribution in [1.82, 2.24) is 19.7 Å². The second-order valence-electron chi connectivity index (χ2n) is 6.09. The first-order valence-corrected chi connectivity index (χ1v) is 9.18. The van der Waals surface area contributed by atoms with Crippen LogP contribution >= 0.6 is 23.2 Å². The fourth-order valence-electron chi connectivity index (χ4n) is 2.79. The summed E-state index contributed by atoms with van der Waals surface area (Å²) in [5.41, 5.74) is 1.89. The van der Waals surface area contributed by atoms with E-state index in [1.54, 1.807) is 30.3 Å². The van der Waals surface area contributed by atoms with Crippen LogP contribution < -0.4 is 10.9 Å². The first kappa shape index (κ1) is 18.5. The van der Waals surface area contributed by atoms with Gasteiger partial charge in [-0.15, -0.1) is 0 Å². The summed E-state index contributed by atoms with van der Waals surface area (Å²) in [6.07, 6.45) is 2.03. The van der Waals surface area contributed by atoms with Gasteiger partial charge in [0.15, 0.2) is 0 Å². The van der Waals surface area contributed by atoms with Crippen molar-refractivity contribution in [2.24, 2.45) is 0 Å². The van der Waals surface area contributed by atoms with E-state index in [4.69, 9.17) is 23.2 Å². The SMILES string of the molecule is O=c1c(Cl)c(NCCc2nc3ccc(F)cc3[nH]2)cnn1-c1ccc(Cl)cc1. The van der Waals surface area contributed by atoms with Crippen LogP contribution in [0.25, 0.3) is 16.7 Å². The molecule has 0 saturated carbocycles. The number of imidazole rings is 1. The molecule has 0 fully saturated rings. The summed E-state index contributed by atoms with van der Waals surface area (Å²) in [6.45, 7) is 0.466. The van der Waals surface area contributed by atoms with Crippen LogP contribution in [0.2, 0.25) is 10.0 Å². The van der Waals surface area contributed by atoms with E-state index >= 15 is 0 Å². The van der Waals surface area contributed by atoms with Gasteiger partial charge in [0.2, 0.25) is 0 Å². The summed E-state index contributed by atoms with van der Waals surface area (Å²) < 4.78 is 14.5. The molecule has 0 atom stereocenters. The van der Waals surface area contributed by atoms with E-state index in [0.29, 0.717) is 46.2 Å². The molecule has 0 spiro atoms. The number of benzene rings is 2. The molecule has 2 heterocycles. The predicted octanol–water partition coefficient (Wildman–Crippen LogP) is 4.21. The highest BCUT2D eigenvalue weighted by molar-refractivity contribution is 6.33. The number of aromatic nitrogens is 4. The van der Waals surface area contributed by atoms with Crippen molar-refractivity contribution < 1.29 is 4.39 Å². The number of aromatic amines is 1. The highest BCUT2D eigenvalue weighted by Crippen LogP contribution is 2.18. The van der Waals surface area contributed by atoms with E-state index in [1.165, 1.54) is 23.0 Å². The molecule has 0 aliphatic heterocycles. The summed E-state index contributed by atoms with van der Waals surface area (Å²) in [5, 5.41) is 7.84. The van der Waals surface area contributed by atoms with Crippen LogP contribution in [-0.4, -0.2) is 26.3 Å². The topological polar surface area (TPSA) is 75.6 Å². The van der Waals surface area contributed by atoms with Crippen molar-refractivity contribution in [3.63, 3.8) is 0 Å². The number of nitrogens with zero attached hydrogens (tertiary/aromatic N) is 3. The lowest BCUT2D eigenvalue weighted by molar-refractivity contribution is 0.629. The first-order valence-electron chi connectivity index (χ1n) is 8.43. The Morgan fingerprint density at radius 3 is 2.71 bits per heavy atom. The zero-order valence-electron chi connectivity index (χ0n) is 14.4. The Bertz CT molecular complexity index is 1200. The van der Waals surface area contributed by atoms with E-state index in [1.807, 2.05) is 0 Å². The Morgan fingerprint density at radius 1 is 1.14 bits per heavy atom. The van der Waals surface area contributed by atoms with Gasteiger partial charge >= 0.3 is 0 Å². The lowest BCUT2D eigenvalue weighted by Crippen LogP contribution is -2.23. The third-order valence-electron chi connectivity index (χ3n) is 4.16. The molecule has 0 saturated heterocycles. The molecule has 4 rings (SSSR count). The average molecular weight is 418 g/mol. The van der Waals surface area contributed by atoms with Crippen LogP contribution in [0.15, 0.2) is 53.5 Å². The zero-order valence-corrected chi connectivity index (χ0v) is 15.9. The van der Waals surface area contributed by atoms with E-state index < -0.39 is 5.56 Å². The van der Waals surface area contributed by atoms with E-state index in [0.717, 1.165) is 0 Å². The van der Waals surface area contributed by atoms with Gasteiger partial charge in [-0.05, 0) is 42.5 Å². The highest BCUT2D eigenvalue weighted by atomic mass is 35.5. The van der Waals surface area contributed by atoms with Gasteiger partial charge in [0.25, 0.3) is 5.56 Å². The quantitative estimate of drug-likeness (QED) is 0.509. The Kier molecular flexibility index (Phi) is 5.02. The molecule has 0 radical (unpaired) electrons. The van der Waals surface area contributed by atoms with Crippen molar-refractivity contribution in [3.8, 4) is 5.69 Å². The monoisotopic (exact) mass is 417 g/mol. The number of rotatable bonds is 5. The minimum Gasteiger partial charge on any atom is -0.382 e. The van der Waals surface area contributed by atoms with Crippen LogP contribution in [0, 0.1) is 5.82 Å². The molecule has 0 bridgehead atoms. The van der Waals surface area contributed by atoms with E-state index in [2.05, 4.69) is 20.4 Å². The van der Waals surface area contributed by atoms with Gasteiger partial charge in [0, 0.05) is 18.0 Å². The number of anilines is 1. The first-order chi connectivity index (χ1) is 13.5. The second kappa shape index (κ2) is 7.61. The summed E-state index contributed by atoms with van der Waals surface area (Å²) in [7, 11) is 0. The van der Waals surface area contributed by atoms with Gasteiger partial charge in [-0.25, -0.2) is 9.37 Å². The van der Waals surface area contributed by atoms with Crippen molar-refractivity contribution in [3.05, 3.63) is 80.7 Å². The summed E-state index contributed by atoms with van der Waals surface area (Å²) >= 11 is 12.1. The van der Waals surface area contributed by atoms with Crippen molar-refractivity contribution in [2.45, 2.75) is 6.42 Å². The number of H-pyrrole nitrogens is 1. The van der Waals surface area contributed by atoms with Crippen molar-refractivity contribution >= 4 is 39.9 Å². The van der Waals surface area contributed by atoms with Crippen LogP contribution in [0.3, 0.4) is 0 Å². The third kappa shape index (κ3) is 3.72. The van der Waals surface area contributed by atoms with Crippen LogP contribution in [-0.2, 0) is 6.42 Å². The van der Waals surface area contributed by atoms with E-state index in [-0.39, 0.29) is 10.8 Å². The number of hydrogen-bond donors (Lipinski definition) is 2. The minimum atomic E-state index is -0.437. The number of fused-ring (bicyclic) bond motifs is 1. The summed E-state index contributed by atoms with van der Waals surface area (Å²) in [5.74, 6) is 0.381. The molecular formula is C19H14Cl2FN5O. The Morgan fingerprint density at radius 2 is 1.93 bits per heavy atom. The molecule has 2 aromatic heterocycles. The number of halogens is 3. The number of hydrogen-bond acceptors (Lipinski definition) is 4. The number of nitrogens with one attached hydrogen (secondary N) is 2. The fraction of sp³-hybridized carbons (Fsp3) is 0.105. The van der Waals surface area contributed by atoms with E-state index in [9.17, 15) is 9.18 Å². The summed E-state index contributed by atoms with van der Waals surface area (Å²) in [4.78, 5) is 20.0. The molecule has 6 nitrogen and oxygen atoms in total. The Balaban J connectivity index is 1.48. The molecule has 142 valence electrons. The molecule has 28 heavy (non-hydrogen) atoms. The minimum absolute atomic E-state index is 0.0385. The maximum atomic E-state index is 13.3.